The van der Waals surface area contributed by atoms with Crippen LogP contribution in [0.25, 0.3) is 11.6 Å². The zero-order valence-corrected chi connectivity index (χ0v) is 12.6. The summed E-state index contributed by atoms with van der Waals surface area (Å²) in [5.74, 6) is -0.0204. The van der Waals surface area contributed by atoms with Crippen molar-refractivity contribution >= 4 is 23.4 Å². The van der Waals surface area contributed by atoms with Crippen molar-refractivity contribution in [2.45, 2.75) is 6.92 Å². The molecule has 0 fully saturated rings. The summed E-state index contributed by atoms with van der Waals surface area (Å²) in [4.78, 5) is 13.7. The molecule has 3 nitrogen and oxygen atoms in total. The van der Waals surface area contributed by atoms with E-state index in [1.54, 1.807) is 36.4 Å². The van der Waals surface area contributed by atoms with Crippen LogP contribution in [-0.4, -0.2) is 6.08 Å². The van der Waals surface area contributed by atoms with E-state index >= 15 is 0 Å². The molecule has 0 heterocycles. The van der Waals surface area contributed by atoms with Crippen LogP contribution in [0.1, 0.15) is 18.1 Å². The molecule has 0 aliphatic heterocycles. The van der Waals surface area contributed by atoms with Gasteiger partial charge in [-0.05, 0) is 47.9 Å². The van der Waals surface area contributed by atoms with Crippen LogP contribution in [0.5, 0.6) is 5.75 Å². The quantitative estimate of drug-likeness (QED) is 0.308. The second-order valence-electron chi connectivity index (χ2n) is 4.78. The number of isocyanates is 1. The molecule has 24 heavy (non-hydrogen) atoms. The van der Waals surface area contributed by atoms with Gasteiger partial charge in [-0.2, -0.15) is 18.2 Å². The number of halogens is 3. The molecule has 0 unspecified atom stereocenters. The Morgan fingerprint density at radius 1 is 1.04 bits per heavy atom. The lowest BCUT2D eigenvalue weighted by atomic mass is 10.0. The van der Waals surface area contributed by atoms with E-state index in [4.69, 9.17) is 0 Å². The van der Waals surface area contributed by atoms with Gasteiger partial charge >= 0.3 is 12.1 Å². The highest BCUT2D eigenvalue weighted by Gasteiger charge is 2.07. The molecule has 2 aromatic carbocycles. The van der Waals surface area contributed by atoms with E-state index in [9.17, 15) is 18.0 Å². The molecule has 2 rings (SSSR count). The Morgan fingerprint density at radius 2 is 1.67 bits per heavy atom. The first-order valence-corrected chi connectivity index (χ1v) is 6.85. The second kappa shape index (κ2) is 7.94. The van der Waals surface area contributed by atoms with Crippen molar-refractivity contribution in [3.05, 3.63) is 71.8 Å². The Kier molecular flexibility index (Phi) is 5.71. The van der Waals surface area contributed by atoms with E-state index in [0.717, 1.165) is 16.7 Å². The fraction of sp³-hybridized carbons (Fsp3) is 0.0556. The Balaban J connectivity index is 2.15. The monoisotopic (exact) mass is 331 g/mol. The summed E-state index contributed by atoms with van der Waals surface area (Å²) >= 11 is 0. The number of rotatable bonds is 5. The summed E-state index contributed by atoms with van der Waals surface area (Å²) in [6.45, 7) is 1.87. The predicted octanol–water partition coefficient (Wildman–Crippen LogP) is 5.63. The number of aliphatic imine (C=N–C) groups is 1. The highest BCUT2D eigenvalue weighted by Crippen LogP contribution is 2.24. The SMILES string of the molecule is C/C(=C\c1ccc(N=C=O)cc1)c1ccc(OC(F)=C(F)F)cc1. The third kappa shape index (κ3) is 4.69. The number of allylic oxidation sites excluding steroid dienone is 1. The molecule has 0 saturated carbocycles. The van der Waals surface area contributed by atoms with Crippen LogP contribution in [0.15, 0.2) is 65.6 Å². The van der Waals surface area contributed by atoms with Crippen molar-refractivity contribution in [2.24, 2.45) is 4.99 Å². The normalized spacial score (nSPS) is 10.8. The third-order valence-electron chi connectivity index (χ3n) is 3.12. The molecule has 0 aliphatic rings. The van der Waals surface area contributed by atoms with Gasteiger partial charge in [-0.15, -0.1) is 0 Å². The van der Waals surface area contributed by atoms with E-state index in [1.807, 2.05) is 13.0 Å². The largest absolute Gasteiger partial charge is 0.428 e. The Morgan fingerprint density at radius 3 is 2.21 bits per heavy atom. The van der Waals surface area contributed by atoms with Crippen molar-refractivity contribution in [1.82, 2.24) is 0 Å². The van der Waals surface area contributed by atoms with Crippen molar-refractivity contribution < 1.29 is 22.7 Å². The van der Waals surface area contributed by atoms with Crippen molar-refractivity contribution in [3.63, 3.8) is 0 Å². The molecular weight excluding hydrogens is 319 g/mol. The van der Waals surface area contributed by atoms with Crippen molar-refractivity contribution in [2.75, 3.05) is 0 Å². The second-order valence-corrected chi connectivity index (χ2v) is 4.78. The Labute approximate surface area is 136 Å². The first-order valence-electron chi connectivity index (χ1n) is 6.85. The molecule has 122 valence electrons. The van der Waals surface area contributed by atoms with E-state index in [0.29, 0.717) is 5.69 Å². The zero-order chi connectivity index (χ0) is 17.5. The van der Waals surface area contributed by atoms with Crippen LogP contribution in [0.2, 0.25) is 0 Å². The van der Waals surface area contributed by atoms with Gasteiger partial charge < -0.3 is 4.74 Å². The predicted molar refractivity (Wildman–Crippen MR) is 85.2 cm³/mol. The zero-order valence-electron chi connectivity index (χ0n) is 12.6. The van der Waals surface area contributed by atoms with E-state index in [-0.39, 0.29) is 5.75 Å². The molecule has 0 radical (unpaired) electrons. The van der Waals surface area contributed by atoms with E-state index in [1.165, 1.54) is 18.2 Å². The summed E-state index contributed by atoms with van der Waals surface area (Å²) in [5, 5.41) is 0. The lowest BCUT2D eigenvalue weighted by Gasteiger charge is -2.05. The van der Waals surface area contributed by atoms with Crippen LogP contribution in [-0.2, 0) is 4.79 Å². The number of ether oxygens (including phenoxy) is 1. The molecule has 0 atom stereocenters. The highest BCUT2D eigenvalue weighted by atomic mass is 19.3. The minimum atomic E-state index is -2.50. The number of hydrogen-bond donors (Lipinski definition) is 0. The van der Waals surface area contributed by atoms with Crippen molar-refractivity contribution in [3.8, 4) is 5.75 Å². The molecule has 0 saturated heterocycles. The number of carbonyl (C=O) groups excluding carboxylic acids is 1. The van der Waals surface area contributed by atoms with Gasteiger partial charge in [0.15, 0.2) is 0 Å². The fourth-order valence-corrected chi connectivity index (χ4v) is 1.96. The molecule has 0 spiro atoms. The molecule has 0 aliphatic carbocycles. The molecule has 0 aromatic heterocycles. The van der Waals surface area contributed by atoms with E-state index < -0.39 is 12.1 Å². The first kappa shape index (κ1) is 17.2. The Hall–Kier alpha value is -3.11. The summed E-state index contributed by atoms with van der Waals surface area (Å²) in [7, 11) is 0. The molecule has 6 heteroatoms. The lowest BCUT2D eigenvalue weighted by Crippen LogP contribution is -1.91. The van der Waals surface area contributed by atoms with Crippen LogP contribution in [0.4, 0.5) is 18.9 Å². The van der Waals surface area contributed by atoms with Gasteiger partial charge in [0.25, 0.3) is 0 Å². The van der Waals surface area contributed by atoms with Crippen LogP contribution in [0, 0.1) is 0 Å². The number of nitrogens with zero attached hydrogens (tertiary/aromatic N) is 1. The maximum atomic E-state index is 12.7. The minimum absolute atomic E-state index is 0.0204. The minimum Gasteiger partial charge on any atom is -0.428 e. The van der Waals surface area contributed by atoms with Crippen molar-refractivity contribution in [1.29, 1.82) is 0 Å². The molecule has 0 bridgehead atoms. The maximum absolute atomic E-state index is 12.7. The maximum Gasteiger partial charge on any atom is 0.344 e. The van der Waals surface area contributed by atoms with Gasteiger partial charge in [-0.1, -0.05) is 30.3 Å². The molecule has 0 amide bonds. The standard InChI is InChI=1S/C18H12F3NO2/c1-12(10-13-2-6-15(7-3-13)22-11-23)14-4-8-16(9-5-14)24-18(21)17(19)20/h2-10H,1H3/b12-10+. The van der Waals surface area contributed by atoms with Gasteiger partial charge in [0.2, 0.25) is 6.08 Å². The smallest absolute Gasteiger partial charge is 0.344 e. The van der Waals surface area contributed by atoms with Gasteiger partial charge in [0, 0.05) is 0 Å². The lowest BCUT2D eigenvalue weighted by molar-refractivity contribution is 0.241. The third-order valence-corrected chi connectivity index (χ3v) is 3.12. The topological polar surface area (TPSA) is 38.7 Å². The average Bonchev–Trinajstić information content (AvgIpc) is 2.57. The summed E-state index contributed by atoms with van der Waals surface area (Å²) in [6, 6.07) is 11.1. The summed E-state index contributed by atoms with van der Waals surface area (Å²) in [5.41, 5.74) is 3.13. The van der Waals surface area contributed by atoms with E-state index in [2.05, 4.69) is 9.73 Å². The Bertz CT molecular complexity index is 814. The van der Waals surface area contributed by atoms with Gasteiger partial charge in [-0.25, -0.2) is 4.79 Å². The van der Waals surface area contributed by atoms with Crippen LogP contribution in [0.3, 0.4) is 0 Å². The highest BCUT2D eigenvalue weighted by molar-refractivity contribution is 5.80. The summed E-state index contributed by atoms with van der Waals surface area (Å²) in [6.07, 6.45) is 0.859. The van der Waals surface area contributed by atoms with Gasteiger partial charge in [0.1, 0.15) is 5.75 Å². The number of benzene rings is 2. The van der Waals surface area contributed by atoms with Crippen LogP contribution >= 0.6 is 0 Å². The average molecular weight is 331 g/mol. The molecular formula is C18H12F3NO2. The molecule has 0 N–H and O–H groups in total. The van der Waals surface area contributed by atoms with Crippen LogP contribution < -0.4 is 4.74 Å². The van der Waals surface area contributed by atoms with Gasteiger partial charge in [-0.3, -0.25) is 0 Å². The molecule has 2 aromatic rings. The fourth-order valence-electron chi connectivity index (χ4n) is 1.96. The summed E-state index contributed by atoms with van der Waals surface area (Å²) < 4.78 is 41.0. The first-order chi connectivity index (χ1) is 11.5. The number of hydrogen-bond acceptors (Lipinski definition) is 3. The van der Waals surface area contributed by atoms with Gasteiger partial charge in [0.05, 0.1) is 5.69 Å².